The van der Waals surface area contributed by atoms with Crippen molar-refractivity contribution in [1.82, 2.24) is 0 Å². The van der Waals surface area contributed by atoms with E-state index >= 15 is 0 Å². The summed E-state index contributed by atoms with van der Waals surface area (Å²) in [7, 11) is -1.44. The molecule has 114 valence electrons. The summed E-state index contributed by atoms with van der Waals surface area (Å²) in [5, 5.41) is 26.4. The molecule has 0 radical (unpaired) electrons. The topological polar surface area (TPSA) is 40.5 Å². The van der Waals surface area contributed by atoms with Crippen LogP contribution in [0.25, 0.3) is 41.7 Å². The van der Waals surface area contributed by atoms with Gasteiger partial charge in [-0.25, -0.2) is 0 Å². The van der Waals surface area contributed by atoms with Crippen molar-refractivity contribution in [3.05, 3.63) is 66.7 Å². The maximum atomic E-state index is 9.46. The number of hydrogen-bond acceptors (Lipinski definition) is 3. The summed E-state index contributed by atoms with van der Waals surface area (Å²) in [5.74, 6) is 0. The van der Waals surface area contributed by atoms with Crippen LogP contribution in [-0.4, -0.2) is 17.2 Å². The molecule has 0 fully saturated rings. The normalized spacial score (nSPS) is 11.8. The Balaban J connectivity index is 2.08. The van der Waals surface area contributed by atoms with Crippen LogP contribution in [0.3, 0.4) is 0 Å². The van der Waals surface area contributed by atoms with Crippen molar-refractivity contribution < 1.29 is 10.0 Å². The highest BCUT2D eigenvalue weighted by Gasteiger charge is 2.16. The van der Waals surface area contributed by atoms with Crippen LogP contribution >= 0.6 is 11.3 Å². The standard InChI is InChI=1S/C20H13BO2S/c22-21(23)12-9-10-17-18(11-12)24-20-16-8-4-2-6-14(16)13-5-1-3-7-15(13)19(17)20/h1-11,22-23H. The molecule has 4 heteroatoms. The molecule has 0 saturated carbocycles. The zero-order chi connectivity index (χ0) is 16.3. The molecule has 5 rings (SSSR count). The average molecular weight is 328 g/mol. The minimum Gasteiger partial charge on any atom is -0.423 e. The second kappa shape index (κ2) is 5.05. The van der Waals surface area contributed by atoms with Crippen molar-refractivity contribution in [2.45, 2.75) is 0 Å². The van der Waals surface area contributed by atoms with E-state index in [1.807, 2.05) is 12.1 Å². The fourth-order valence-electron chi connectivity index (χ4n) is 3.58. The first-order valence-corrected chi connectivity index (χ1v) is 8.67. The number of thiophene rings is 1. The quantitative estimate of drug-likeness (QED) is 0.360. The van der Waals surface area contributed by atoms with Crippen molar-refractivity contribution in [2.24, 2.45) is 0 Å². The Labute approximate surface area is 142 Å². The molecule has 0 amide bonds. The van der Waals surface area contributed by atoms with Crippen LogP contribution in [0.2, 0.25) is 0 Å². The van der Waals surface area contributed by atoms with Gasteiger partial charge in [0.15, 0.2) is 0 Å². The van der Waals surface area contributed by atoms with E-state index in [1.54, 1.807) is 17.4 Å². The Morgan fingerprint density at radius 3 is 2.00 bits per heavy atom. The average Bonchev–Trinajstić information content (AvgIpc) is 3.01. The van der Waals surface area contributed by atoms with Crippen LogP contribution in [0.1, 0.15) is 0 Å². The minimum atomic E-state index is -1.44. The Morgan fingerprint density at radius 2 is 1.29 bits per heavy atom. The Bertz CT molecular complexity index is 1240. The zero-order valence-electron chi connectivity index (χ0n) is 12.7. The largest absolute Gasteiger partial charge is 0.488 e. The fraction of sp³-hybridized carbons (Fsp3) is 0. The van der Waals surface area contributed by atoms with Gasteiger partial charge in [0.2, 0.25) is 0 Å². The molecule has 4 aromatic carbocycles. The number of rotatable bonds is 1. The van der Waals surface area contributed by atoms with Gasteiger partial charge in [0, 0.05) is 25.6 Å². The Morgan fingerprint density at radius 1 is 0.667 bits per heavy atom. The van der Waals surface area contributed by atoms with E-state index in [4.69, 9.17) is 0 Å². The first kappa shape index (κ1) is 14.0. The van der Waals surface area contributed by atoms with Gasteiger partial charge in [0.1, 0.15) is 0 Å². The third-order valence-corrected chi connectivity index (χ3v) is 5.86. The monoisotopic (exact) mass is 328 g/mol. The molecule has 0 spiro atoms. The lowest BCUT2D eigenvalue weighted by atomic mass is 9.80. The molecule has 0 saturated heterocycles. The lowest BCUT2D eigenvalue weighted by molar-refractivity contribution is 0.426. The Hall–Kier alpha value is -2.40. The molecule has 1 heterocycles. The van der Waals surface area contributed by atoms with Gasteiger partial charge >= 0.3 is 7.12 Å². The van der Waals surface area contributed by atoms with Gasteiger partial charge in [0.05, 0.1) is 0 Å². The summed E-state index contributed by atoms with van der Waals surface area (Å²) in [4.78, 5) is 0. The molecule has 0 aliphatic heterocycles. The van der Waals surface area contributed by atoms with Gasteiger partial charge < -0.3 is 10.0 Å². The van der Waals surface area contributed by atoms with Gasteiger partial charge in [-0.15, -0.1) is 11.3 Å². The lowest BCUT2D eigenvalue weighted by Gasteiger charge is -2.07. The van der Waals surface area contributed by atoms with Crippen LogP contribution in [-0.2, 0) is 0 Å². The van der Waals surface area contributed by atoms with E-state index in [2.05, 4.69) is 48.5 Å². The van der Waals surface area contributed by atoms with Gasteiger partial charge in [-0.1, -0.05) is 60.7 Å². The van der Waals surface area contributed by atoms with Crippen LogP contribution < -0.4 is 5.46 Å². The van der Waals surface area contributed by atoms with E-state index in [9.17, 15) is 10.0 Å². The molecule has 2 nitrogen and oxygen atoms in total. The summed E-state index contributed by atoms with van der Waals surface area (Å²) < 4.78 is 2.33. The second-order valence-corrected chi connectivity index (χ2v) is 7.08. The smallest absolute Gasteiger partial charge is 0.423 e. The molecule has 5 aromatic rings. The molecule has 1 aromatic heterocycles. The summed E-state index contributed by atoms with van der Waals surface area (Å²) >= 11 is 1.72. The van der Waals surface area contributed by atoms with E-state index in [-0.39, 0.29) is 0 Å². The minimum absolute atomic E-state index is 0.530. The van der Waals surface area contributed by atoms with Gasteiger partial charge in [-0.2, -0.15) is 0 Å². The maximum Gasteiger partial charge on any atom is 0.488 e. The SMILES string of the molecule is OB(O)c1ccc2c(c1)sc1c3ccccc3c3ccccc3c21. The van der Waals surface area contributed by atoms with Crippen LogP contribution in [0.4, 0.5) is 0 Å². The molecule has 0 aliphatic carbocycles. The van der Waals surface area contributed by atoms with Crippen molar-refractivity contribution in [1.29, 1.82) is 0 Å². The first-order valence-electron chi connectivity index (χ1n) is 7.86. The van der Waals surface area contributed by atoms with E-state index in [0.717, 1.165) is 4.70 Å². The molecule has 0 aliphatic rings. The van der Waals surface area contributed by atoms with Gasteiger partial charge in [-0.05, 0) is 27.7 Å². The summed E-state index contributed by atoms with van der Waals surface area (Å²) in [6.45, 7) is 0. The third-order valence-electron chi connectivity index (χ3n) is 4.67. The summed E-state index contributed by atoms with van der Waals surface area (Å²) in [6, 6.07) is 22.7. The van der Waals surface area contributed by atoms with E-state index < -0.39 is 7.12 Å². The van der Waals surface area contributed by atoms with Crippen LogP contribution in [0.5, 0.6) is 0 Å². The summed E-state index contributed by atoms with van der Waals surface area (Å²) in [6.07, 6.45) is 0. The highest BCUT2D eigenvalue weighted by molar-refractivity contribution is 7.27. The van der Waals surface area contributed by atoms with Crippen molar-refractivity contribution in [3.63, 3.8) is 0 Å². The number of hydrogen-bond donors (Lipinski definition) is 2. The number of fused-ring (bicyclic) bond motifs is 8. The molecule has 0 atom stereocenters. The first-order chi connectivity index (χ1) is 11.7. The van der Waals surface area contributed by atoms with Crippen LogP contribution in [0, 0.1) is 0 Å². The molecule has 0 bridgehead atoms. The highest BCUT2D eigenvalue weighted by Crippen LogP contribution is 2.43. The third kappa shape index (κ3) is 1.85. The molecular weight excluding hydrogens is 315 g/mol. The molecular formula is C20H13BO2S. The van der Waals surface area contributed by atoms with Crippen LogP contribution in [0.15, 0.2) is 66.7 Å². The molecule has 2 N–H and O–H groups in total. The predicted octanol–water partition coefficient (Wildman–Crippen LogP) is 4.04. The van der Waals surface area contributed by atoms with E-state index in [0.29, 0.717) is 5.46 Å². The molecule has 24 heavy (non-hydrogen) atoms. The molecule has 0 unspecified atom stereocenters. The number of benzene rings is 4. The second-order valence-electron chi connectivity index (χ2n) is 6.03. The lowest BCUT2D eigenvalue weighted by Crippen LogP contribution is -2.29. The van der Waals surface area contributed by atoms with E-state index in [1.165, 1.54) is 37.0 Å². The highest BCUT2D eigenvalue weighted by atomic mass is 32.1. The van der Waals surface area contributed by atoms with Crippen molar-refractivity contribution >= 4 is 65.6 Å². The maximum absolute atomic E-state index is 9.46. The fourth-order valence-corrected chi connectivity index (χ4v) is 4.89. The Kier molecular flexibility index (Phi) is 2.94. The zero-order valence-corrected chi connectivity index (χ0v) is 13.5. The predicted molar refractivity (Wildman–Crippen MR) is 104 cm³/mol. The van der Waals surface area contributed by atoms with Crippen molar-refractivity contribution in [3.8, 4) is 0 Å². The van der Waals surface area contributed by atoms with Crippen molar-refractivity contribution in [2.75, 3.05) is 0 Å². The summed E-state index contributed by atoms with van der Waals surface area (Å²) in [5.41, 5.74) is 0.530. The van der Waals surface area contributed by atoms with Gasteiger partial charge in [-0.3, -0.25) is 0 Å². The van der Waals surface area contributed by atoms with Gasteiger partial charge in [0.25, 0.3) is 0 Å².